The molecule has 0 unspecified atom stereocenters. The third-order valence-corrected chi connectivity index (χ3v) is 4.23. The molecule has 2 aromatic rings. The van der Waals surface area contributed by atoms with Crippen molar-refractivity contribution in [3.05, 3.63) is 70.2 Å². The van der Waals surface area contributed by atoms with Gasteiger partial charge in [-0.05, 0) is 35.7 Å². The van der Waals surface area contributed by atoms with Crippen molar-refractivity contribution in [1.29, 1.82) is 0 Å². The Balaban J connectivity index is 2.05. The summed E-state index contributed by atoms with van der Waals surface area (Å²) in [6.45, 7) is 0. The summed E-state index contributed by atoms with van der Waals surface area (Å²) in [5.74, 6) is -1.54. The molecule has 0 aromatic heterocycles. The summed E-state index contributed by atoms with van der Waals surface area (Å²) in [6, 6.07) is 10.4. The summed E-state index contributed by atoms with van der Waals surface area (Å²) >= 11 is 6.00. The van der Waals surface area contributed by atoms with E-state index in [1.54, 1.807) is 24.3 Å². The Morgan fingerprint density at radius 1 is 1.07 bits per heavy atom. The van der Waals surface area contributed by atoms with Crippen molar-refractivity contribution >= 4 is 23.5 Å². The molecule has 0 aliphatic rings. The minimum atomic E-state index is -4.44. The third kappa shape index (κ3) is 6.60. The molecular weight excluding hydrogens is 383 g/mol. The number of hydrogen-bond donors (Lipinski definition) is 2. The van der Waals surface area contributed by atoms with E-state index in [2.05, 4.69) is 5.32 Å². The molecule has 1 atom stereocenters. The van der Waals surface area contributed by atoms with E-state index < -0.39 is 29.7 Å². The minimum Gasteiger partial charge on any atom is -0.481 e. The van der Waals surface area contributed by atoms with Gasteiger partial charge < -0.3 is 10.4 Å². The van der Waals surface area contributed by atoms with Gasteiger partial charge in [0.2, 0.25) is 5.91 Å². The van der Waals surface area contributed by atoms with E-state index in [4.69, 9.17) is 16.7 Å². The van der Waals surface area contributed by atoms with Crippen molar-refractivity contribution in [3.8, 4) is 0 Å². The molecule has 0 heterocycles. The van der Waals surface area contributed by atoms with E-state index in [1.165, 1.54) is 12.1 Å². The molecule has 8 heteroatoms. The highest BCUT2D eigenvalue weighted by Gasteiger charge is 2.30. The first kappa shape index (κ1) is 20.8. The molecule has 2 N–H and O–H groups in total. The molecule has 2 rings (SSSR count). The van der Waals surface area contributed by atoms with E-state index in [1.807, 2.05) is 0 Å². The lowest BCUT2D eigenvalue weighted by atomic mass is 10.0. The van der Waals surface area contributed by atoms with Crippen molar-refractivity contribution in [2.45, 2.75) is 31.5 Å². The Hall–Kier alpha value is -2.54. The number of nitrogens with one attached hydrogen (secondary N) is 1. The molecule has 27 heavy (non-hydrogen) atoms. The van der Waals surface area contributed by atoms with Crippen LogP contribution in [-0.4, -0.2) is 23.0 Å². The summed E-state index contributed by atoms with van der Waals surface area (Å²) < 4.78 is 37.9. The molecule has 0 fully saturated rings. The van der Waals surface area contributed by atoms with Gasteiger partial charge in [-0.1, -0.05) is 41.9 Å². The van der Waals surface area contributed by atoms with Crippen molar-refractivity contribution < 1.29 is 27.9 Å². The smallest absolute Gasteiger partial charge is 0.416 e. The van der Waals surface area contributed by atoms with E-state index in [9.17, 15) is 22.8 Å². The Labute approximate surface area is 159 Å². The molecule has 0 bridgehead atoms. The van der Waals surface area contributed by atoms with Crippen LogP contribution in [0.3, 0.4) is 0 Å². The van der Waals surface area contributed by atoms with Crippen LogP contribution in [-0.2, 0) is 28.6 Å². The van der Waals surface area contributed by atoms with Gasteiger partial charge in [0.15, 0.2) is 0 Å². The van der Waals surface area contributed by atoms with Crippen LogP contribution in [0.2, 0.25) is 5.02 Å². The fraction of sp³-hybridized carbons (Fsp3) is 0.263. The van der Waals surface area contributed by atoms with Gasteiger partial charge in [-0.25, -0.2) is 0 Å². The first-order valence-corrected chi connectivity index (χ1v) is 8.43. The normalized spacial score (nSPS) is 12.4. The molecule has 0 aliphatic carbocycles. The average Bonchev–Trinajstić information content (AvgIpc) is 2.56. The van der Waals surface area contributed by atoms with Crippen LogP contribution in [0, 0.1) is 0 Å². The fourth-order valence-electron chi connectivity index (χ4n) is 2.59. The van der Waals surface area contributed by atoms with Gasteiger partial charge in [0, 0.05) is 11.1 Å². The zero-order valence-electron chi connectivity index (χ0n) is 14.1. The number of carbonyl (C=O) groups excluding carboxylic acids is 1. The van der Waals surface area contributed by atoms with Gasteiger partial charge in [-0.2, -0.15) is 13.2 Å². The SMILES string of the molecule is O=C(O)C[C@H](Cc1ccc(C(F)(F)F)cc1)NC(=O)Cc1ccccc1Cl. The monoisotopic (exact) mass is 399 g/mol. The van der Waals surface area contributed by atoms with Gasteiger partial charge in [0.05, 0.1) is 18.4 Å². The number of rotatable bonds is 7. The van der Waals surface area contributed by atoms with E-state index in [0.717, 1.165) is 12.1 Å². The van der Waals surface area contributed by atoms with Crippen molar-refractivity contribution in [2.24, 2.45) is 0 Å². The fourth-order valence-corrected chi connectivity index (χ4v) is 2.80. The lowest BCUT2D eigenvalue weighted by molar-refractivity contribution is -0.138. The summed E-state index contributed by atoms with van der Waals surface area (Å²) in [5, 5.41) is 12.1. The zero-order chi connectivity index (χ0) is 20.0. The lowest BCUT2D eigenvalue weighted by Gasteiger charge is -2.18. The van der Waals surface area contributed by atoms with Crippen LogP contribution >= 0.6 is 11.6 Å². The Morgan fingerprint density at radius 3 is 2.26 bits per heavy atom. The number of hydrogen-bond acceptors (Lipinski definition) is 2. The Morgan fingerprint density at radius 2 is 1.70 bits per heavy atom. The Bertz CT molecular complexity index is 807. The maximum absolute atomic E-state index is 12.6. The number of halogens is 4. The molecule has 4 nitrogen and oxygen atoms in total. The predicted octanol–water partition coefficient (Wildman–Crippen LogP) is 4.10. The number of aliphatic carboxylic acids is 1. The highest BCUT2D eigenvalue weighted by molar-refractivity contribution is 6.31. The van der Waals surface area contributed by atoms with Gasteiger partial charge in [-0.15, -0.1) is 0 Å². The standard InChI is InChI=1S/C19H17ClF3NO3/c20-16-4-2-1-3-13(16)10-17(25)24-15(11-18(26)27)9-12-5-7-14(8-6-12)19(21,22)23/h1-8,15H,9-11H2,(H,24,25)(H,26,27)/t15-/m0/s1. The lowest BCUT2D eigenvalue weighted by Crippen LogP contribution is -2.39. The van der Waals surface area contributed by atoms with Gasteiger partial charge in [-0.3, -0.25) is 9.59 Å². The minimum absolute atomic E-state index is 0.0250. The average molecular weight is 400 g/mol. The molecule has 144 valence electrons. The van der Waals surface area contributed by atoms with Crippen LogP contribution in [0.1, 0.15) is 23.1 Å². The number of carboxylic acids is 1. The highest BCUT2D eigenvalue weighted by atomic mass is 35.5. The van der Waals surface area contributed by atoms with Gasteiger partial charge in [0.1, 0.15) is 0 Å². The quantitative estimate of drug-likeness (QED) is 0.736. The second-order valence-electron chi connectivity index (χ2n) is 6.03. The molecule has 1 amide bonds. The van der Waals surface area contributed by atoms with Crippen LogP contribution in [0.15, 0.2) is 48.5 Å². The molecule has 2 aromatic carbocycles. The highest BCUT2D eigenvalue weighted by Crippen LogP contribution is 2.29. The predicted molar refractivity (Wildman–Crippen MR) is 94.5 cm³/mol. The largest absolute Gasteiger partial charge is 0.481 e. The molecule has 0 aliphatic heterocycles. The first-order chi connectivity index (χ1) is 12.6. The van der Waals surface area contributed by atoms with E-state index >= 15 is 0 Å². The van der Waals surface area contributed by atoms with Crippen molar-refractivity contribution in [2.75, 3.05) is 0 Å². The van der Waals surface area contributed by atoms with Crippen molar-refractivity contribution in [3.63, 3.8) is 0 Å². The summed E-state index contributed by atoms with van der Waals surface area (Å²) in [6.07, 6.45) is -4.72. The van der Waals surface area contributed by atoms with Crippen molar-refractivity contribution in [1.82, 2.24) is 5.32 Å². The summed E-state index contributed by atoms with van der Waals surface area (Å²) in [4.78, 5) is 23.3. The first-order valence-electron chi connectivity index (χ1n) is 8.06. The summed E-state index contributed by atoms with van der Waals surface area (Å²) in [5.41, 5.74) is 0.302. The number of amides is 1. The second-order valence-corrected chi connectivity index (χ2v) is 6.44. The number of benzene rings is 2. The number of carboxylic acid groups (broad SMARTS) is 1. The summed E-state index contributed by atoms with van der Waals surface area (Å²) in [7, 11) is 0. The molecule has 0 saturated carbocycles. The van der Waals surface area contributed by atoms with E-state index in [-0.39, 0.29) is 19.3 Å². The van der Waals surface area contributed by atoms with Crippen LogP contribution in [0.5, 0.6) is 0 Å². The zero-order valence-corrected chi connectivity index (χ0v) is 14.8. The number of alkyl halides is 3. The van der Waals surface area contributed by atoms with Crippen LogP contribution in [0.25, 0.3) is 0 Å². The third-order valence-electron chi connectivity index (χ3n) is 3.86. The number of carbonyl (C=O) groups is 2. The maximum atomic E-state index is 12.6. The van der Waals surface area contributed by atoms with E-state index in [0.29, 0.717) is 16.1 Å². The topological polar surface area (TPSA) is 66.4 Å². The second kappa shape index (κ2) is 8.90. The molecule has 0 spiro atoms. The maximum Gasteiger partial charge on any atom is 0.416 e. The van der Waals surface area contributed by atoms with Gasteiger partial charge >= 0.3 is 12.1 Å². The van der Waals surface area contributed by atoms with Crippen LogP contribution < -0.4 is 5.32 Å². The molecule has 0 radical (unpaired) electrons. The molecule has 0 saturated heterocycles. The van der Waals surface area contributed by atoms with Gasteiger partial charge in [0.25, 0.3) is 0 Å². The van der Waals surface area contributed by atoms with Crippen LogP contribution in [0.4, 0.5) is 13.2 Å². The molecular formula is C19H17ClF3NO3. The Kier molecular flexibility index (Phi) is 6.85.